The van der Waals surface area contributed by atoms with Crippen LogP contribution >= 0.6 is 0 Å². The molecule has 1 aromatic heterocycles. The lowest BCUT2D eigenvalue weighted by Crippen LogP contribution is -2.36. The van der Waals surface area contributed by atoms with Crippen molar-refractivity contribution in [1.82, 2.24) is 9.97 Å². The summed E-state index contributed by atoms with van der Waals surface area (Å²) in [6, 6.07) is 2.54. The molecule has 0 unspecified atom stereocenters. The molecule has 0 radical (unpaired) electrons. The van der Waals surface area contributed by atoms with Crippen LogP contribution in [0, 0.1) is 6.92 Å². The molecule has 1 saturated heterocycles. The highest BCUT2D eigenvalue weighted by Crippen LogP contribution is 2.26. The molecule has 1 aliphatic heterocycles. The number of hydrogen-bond donors (Lipinski definition) is 1. The van der Waals surface area contributed by atoms with Crippen molar-refractivity contribution in [2.24, 2.45) is 0 Å². The summed E-state index contributed by atoms with van der Waals surface area (Å²) in [6.07, 6.45) is 4.07. The van der Waals surface area contributed by atoms with E-state index in [-0.39, 0.29) is 0 Å². The zero-order valence-corrected chi connectivity index (χ0v) is 10.6. The molecule has 1 aromatic rings. The lowest BCUT2D eigenvalue weighted by Gasteiger charge is -2.27. The molecule has 1 aliphatic carbocycles. The van der Waals surface area contributed by atoms with Crippen LogP contribution in [-0.4, -0.2) is 34.9 Å². The summed E-state index contributed by atoms with van der Waals surface area (Å²) >= 11 is 0. The Morgan fingerprint density at radius 3 is 2.94 bits per heavy atom. The average Bonchev–Trinajstić information content (AvgIpc) is 3.12. The second kappa shape index (κ2) is 4.55. The minimum Gasteiger partial charge on any atom is -0.367 e. The predicted molar refractivity (Wildman–Crippen MR) is 69.9 cm³/mol. The number of nitrogens with zero attached hydrogens (tertiary/aromatic N) is 3. The van der Waals surface area contributed by atoms with E-state index in [1.807, 2.05) is 13.0 Å². The van der Waals surface area contributed by atoms with Crippen LogP contribution in [0.15, 0.2) is 6.07 Å². The molecule has 5 nitrogen and oxygen atoms in total. The minimum absolute atomic E-state index is 0.300. The maximum Gasteiger partial charge on any atom is 0.152 e. The van der Waals surface area contributed by atoms with Crippen molar-refractivity contribution in [3.05, 3.63) is 11.9 Å². The fourth-order valence-corrected chi connectivity index (χ4v) is 2.26. The Morgan fingerprint density at radius 1 is 1.39 bits per heavy atom. The van der Waals surface area contributed by atoms with Crippen molar-refractivity contribution in [2.45, 2.75) is 38.6 Å². The molecule has 1 N–H and O–H groups in total. The molecule has 3 rings (SSSR count). The number of carbonyl (C=O) groups excluding carboxylic acids is 1. The van der Waals surface area contributed by atoms with Gasteiger partial charge in [-0.15, -0.1) is 0 Å². The van der Waals surface area contributed by atoms with E-state index in [4.69, 9.17) is 0 Å². The monoisotopic (exact) mass is 246 g/mol. The Labute approximate surface area is 107 Å². The van der Waals surface area contributed by atoms with Gasteiger partial charge in [-0.25, -0.2) is 9.97 Å². The Morgan fingerprint density at radius 2 is 2.22 bits per heavy atom. The molecule has 96 valence electrons. The maximum atomic E-state index is 11.5. The van der Waals surface area contributed by atoms with E-state index in [1.54, 1.807) is 0 Å². The predicted octanol–water partition coefficient (Wildman–Crippen LogP) is 1.53. The van der Waals surface area contributed by atoms with Crippen LogP contribution in [0.3, 0.4) is 0 Å². The van der Waals surface area contributed by atoms with E-state index < -0.39 is 0 Å². The Kier molecular flexibility index (Phi) is 2.89. The first-order valence-corrected chi connectivity index (χ1v) is 6.59. The summed E-state index contributed by atoms with van der Waals surface area (Å²) in [5, 5.41) is 3.38. The van der Waals surface area contributed by atoms with Crippen molar-refractivity contribution in [3.63, 3.8) is 0 Å². The minimum atomic E-state index is 0.300. The van der Waals surface area contributed by atoms with E-state index in [0.717, 1.165) is 30.4 Å². The van der Waals surface area contributed by atoms with Crippen LogP contribution in [-0.2, 0) is 4.79 Å². The quantitative estimate of drug-likeness (QED) is 0.876. The number of piperidine rings is 1. The second-order valence-electron chi connectivity index (χ2n) is 5.14. The molecule has 0 bridgehead atoms. The van der Waals surface area contributed by atoms with Crippen LogP contribution < -0.4 is 10.2 Å². The van der Waals surface area contributed by atoms with Crippen LogP contribution in [0.25, 0.3) is 0 Å². The average molecular weight is 246 g/mol. The number of aryl methyl sites for hydroxylation is 1. The standard InChI is InChI=1S/C13H18N4O/c1-9-14-12(16-10-4-5-10)7-13(15-9)17-6-2-3-11(18)8-17/h7,10H,2-6,8H2,1H3,(H,14,15,16). The molecular weight excluding hydrogens is 228 g/mol. The molecule has 0 atom stereocenters. The van der Waals surface area contributed by atoms with Gasteiger partial charge >= 0.3 is 0 Å². The van der Waals surface area contributed by atoms with Crippen molar-refractivity contribution >= 4 is 17.4 Å². The number of anilines is 2. The molecule has 0 amide bonds. The molecule has 2 heterocycles. The van der Waals surface area contributed by atoms with E-state index in [1.165, 1.54) is 12.8 Å². The molecule has 5 heteroatoms. The third kappa shape index (κ3) is 2.60. The number of ketones is 1. The maximum absolute atomic E-state index is 11.5. The van der Waals surface area contributed by atoms with Gasteiger partial charge in [-0.3, -0.25) is 4.79 Å². The first kappa shape index (κ1) is 11.4. The molecule has 0 spiro atoms. The summed E-state index contributed by atoms with van der Waals surface area (Å²) < 4.78 is 0. The third-order valence-corrected chi connectivity index (χ3v) is 3.33. The first-order valence-electron chi connectivity index (χ1n) is 6.59. The van der Waals surface area contributed by atoms with Gasteiger partial charge in [-0.05, 0) is 26.2 Å². The topological polar surface area (TPSA) is 58.1 Å². The lowest BCUT2D eigenvalue weighted by molar-refractivity contribution is -0.118. The van der Waals surface area contributed by atoms with Gasteiger partial charge in [0, 0.05) is 25.1 Å². The zero-order chi connectivity index (χ0) is 12.5. The lowest BCUT2D eigenvalue weighted by atomic mass is 10.1. The van der Waals surface area contributed by atoms with Gasteiger partial charge in [0.2, 0.25) is 0 Å². The van der Waals surface area contributed by atoms with Crippen LogP contribution in [0.2, 0.25) is 0 Å². The number of hydrogen-bond acceptors (Lipinski definition) is 5. The third-order valence-electron chi connectivity index (χ3n) is 3.33. The smallest absolute Gasteiger partial charge is 0.152 e. The number of nitrogens with one attached hydrogen (secondary N) is 1. The van der Waals surface area contributed by atoms with Gasteiger partial charge < -0.3 is 10.2 Å². The summed E-state index contributed by atoms with van der Waals surface area (Å²) in [5.41, 5.74) is 0. The SMILES string of the molecule is Cc1nc(NC2CC2)cc(N2CCCC(=O)C2)n1. The molecule has 1 saturated carbocycles. The summed E-state index contributed by atoms with van der Waals surface area (Å²) in [5.74, 6) is 2.82. The molecule has 2 aliphatic rings. The van der Waals surface area contributed by atoms with Crippen molar-refractivity contribution in [3.8, 4) is 0 Å². The normalized spacial score (nSPS) is 20.1. The van der Waals surface area contributed by atoms with Crippen LogP contribution in [0.1, 0.15) is 31.5 Å². The van der Waals surface area contributed by atoms with Crippen molar-refractivity contribution in [2.75, 3.05) is 23.3 Å². The Bertz CT molecular complexity index is 470. The summed E-state index contributed by atoms with van der Waals surface area (Å²) in [6.45, 7) is 3.29. The summed E-state index contributed by atoms with van der Waals surface area (Å²) in [4.78, 5) is 22.4. The molecule has 2 fully saturated rings. The highest BCUT2D eigenvalue weighted by molar-refractivity contribution is 5.84. The fraction of sp³-hybridized carbons (Fsp3) is 0.615. The van der Waals surface area contributed by atoms with Crippen molar-refractivity contribution in [1.29, 1.82) is 0 Å². The Balaban J connectivity index is 1.81. The largest absolute Gasteiger partial charge is 0.367 e. The van der Waals surface area contributed by atoms with Gasteiger partial charge in [0.15, 0.2) is 5.78 Å². The van der Waals surface area contributed by atoms with Gasteiger partial charge in [0.25, 0.3) is 0 Å². The zero-order valence-electron chi connectivity index (χ0n) is 10.6. The number of Topliss-reactive ketones (excluding diaryl/α,β-unsaturated/α-hetero) is 1. The fourth-order valence-electron chi connectivity index (χ4n) is 2.26. The number of carbonyl (C=O) groups is 1. The molecule has 0 aromatic carbocycles. The van der Waals surface area contributed by atoms with E-state index in [2.05, 4.69) is 20.2 Å². The van der Waals surface area contributed by atoms with Gasteiger partial charge in [0.1, 0.15) is 17.5 Å². The highest BCUT2D eigenvalue weighted by atomic mass is 16.1. The van der Waals surface area contributed by atoms with E-state index in [0.29, 0.717) is 24.8 Å². The molecular formula is C13H18N4O. The highest BCUT2D eigenvalue weighted by Gasteiger charge is 2.23. The van der Waals surface area contributed by atoms with E-state index in [9.17, 15) is 4.79 Å². The first-order chi connectivity index (χ1) is 8.70. The van der Waals surface area contributed by atoms with Gasteiger partial charge in [-0.1, -0.05) is 0 Å². The van der Waals surface area contributed by atoms with Crippen LogP contribution in [0.5, 0.6) is 0 Å². The van der Waals surface area contributed by atoms with E-state index >= 15 is 0 Å². The van der Waals surface area contributed by atoms with Crippen molar-refractivity contribution < 1.29 is 4.79 Å². The van der Waals surface area contributed by atoms with Crippen LogP contribution in [0.4, 0.5) is 11.6 Å². The van der Waals surface area contributed by atoms with Gasteiger partial charge in [0.05, 0.1) is 6.54 Å². The van der Waals surface area contributed by atoms with Gasteiger partial charge in [-0.2, -0.15) is 0 Å². The number of aromatic nitrogens is 2. The summed E-state index contributed by atoms with van der Waals surface area (Å²) in [7, 11) is 0. The number of rotatable bonds is 3. The molecule has 18 heavy (non-hydrogen) atoms. The second-order valence-corrected chi connectivity index (χ2v) is 5.14. The Hall–Kier alpha value is -1.65.